The third-order valence-corrected chi connectivity index (χ3v) is 3.80. The second kappa shape index (κ2) is 4.92. The first kappa shape index (κ1) is 12.0. The summed E-state index contributed by atoms with van der Waals surface area (Å²) in [7, 11) is 0. The van der Waals surface area contributed by atoms with E-state index in [2.05, 4.69) is 4.98 Å². The number of H-pyrrole nitrogens is 1. The Labute approximate surface area is 111 Å². The molecule has 0 spiro atoms. The van der Waals surface area contributed by atoms with Crippen LogP contribution in [0.25, 0.3) is 0 Å². The first-order valence-corrected chi connectivity index (χ1v) is 6.75. The highest BCUT2D eigenvalue weighted by Gasteiger charge is 2.19. The van der Waals surface area contributed by atoms with Gasteiger partial charge in [0.2, 0.25) is 0 Å². The van der Waals surface area contributed by atoms with Gasteiger partial charge in [0.1, 0.15) is 5.75 Å². The molecule has 1 aliphatic rings. The van der Waals surface area contributed by atoms with Gasteiger partial charge >= 0.3 is 0 Å². The number of aromatic amines is 1. The molecular formula is C16H17NO2. The first-order valence-electron chi connectivity index (χ1n) is 6.75. The molecule has 1 aromatic carbocycles. The summed E-state index contributed by atoms with van der Waals surface area (Å²) < 4.78 is 0. The number of aromatic nitrogens is 1. The molecule has 1 heterocycles. The van der Waals surface area contributed by atoms with E-state index in [0.29, 0.717) is 12.0 Å². The minimum atomic E-state index is -0.151. The molecule has 0 amide bonds. The summed E-state index contributed by atoms with van der Waals surface area (Å²) in [6.45, 7) is 0. The molecule has 0 unspecified atom stereocenters. The summed E-state index contributed by atoms with van der Waals surface area (Å²) in [6.07, 6.45) is 4.37. The lowest BCUT2D eigenvalue weighted by Crippen LogP contribution is -2.20. The van der Waals surface area contributed by atoms with Crippen LogP contribution < -0.4 is 5.56 Å². The lowest BCUT2D eigenvalue weighted by Gasteiger charge is -2.18. The van der Waals surface area contributed by atoms with Crippen LogP contribution in [0.2, 0.25) is 0 Å². The fraction of sp³-hybridized carbons (Fsp3) is 0.312. The van der Waals surface area contributed by atoms with E-state index in [1.165, 1.54) is 0 Å². The van der Waals surface area contributed by atoms with Gasteiger partial charge in [-0.3, -0.25) is 4.79 Å². The highest BCUT2D eigenvalue weighted by Crippen LogP contribution is 2.29. The lowest BCUT2D eigenvalue weighted by atomic mass is 9.92. The summed E-state index contributed by atoms with van der Waals surface area (Å²) in [5.41, 5.74) is 3.25. The van der Waals surface area contributed by atoms with Gasteiger partial charge < -0.3 is 10.1 Å². The van der Waals surface area contributed by atoms with E-state index in [1.54, 1.807) is 0 Å². The smallest absolute Gasteiger partial charge is 0.255 e. The summed E-state index contributed by atoms with van der Waals surface area (Å²) >= 11 is 0. The Kier molecular flexibility index (Phi) is 3.11. The Morgan fingerprint density at radius 2 is 1.84 bits per heavy atom. The summed E-state index contributed by atoms with van der Waals surface area (Å²) in [4.78, 5) is 15.0. The lowest BCUT2D eigenvalue weighted by molar-refractivity contribution is 0.452. The Morgan fingerprint density at radius 1 is 1.11 bits per heavy atom. The Bertz CT molecular complexity index is 644. The number of hydrogen-bond donors (Lipinski definition) is 2. The molecule has 0 radical (unpaired) electrons. The summed E-state index contributed by atoms with van der Waals surface area (Å²) in [5, 5.41) is 10.4. The van der Waals surface area contributed by atoms with E-state index in [1.807, 2.05) is 30.3 Å². The maximum atomic E-state index is 12.1. The van der Waals surface area contributed by atoms with Gasteiger partial charge in [-0.1, -0.05) is 30.3 Å². The topological polar surface area (TPSA) is 53.1 Å². The number of aryl methyl sites for hydroxylation is 1. The minimum Gasteiger partial charge on any atom is -0.507 e. The van der Waals surface area contributed by atoms with Crippen LogP contribution in [0.15, 0.2) is 35.1 Å². The number of pyridine rings is 1. The van der Waals surface area contributed by atoms with E-state index in [9.17, 15) is 9.90 Å². The van der Waals surface area contributed by atoms with E-state index in [-0.39, 0.29) is 11.3 Å². The van der Waals surface area contributed by atoms with Crippen LogP contribution >= 0.6 is 0 Å². The van der Waals surface area contributed by atoms with Crippen molar-refractivity contribution in [2.24, 2.45) is 0 Å². The van der Waals surface area contributed by atoms with Crippen molar-refractivity contribution in [3.63, 3.8) is 0 Å². The van der Waals surface area contributed by atoms with Gasteiger partial charge in [-0.25, -0.2) is 0 Å². The average molecular weight is 255 g/mol. The van der Waals surface area contributed by atoms with Gasteiger partial charge in [0.25, 0.3) is 5.56 Å². The van der Waals surface area contributed by atoms with Crippen LogP contribution in [0.4, 0.5) is 0 Å². The number of rotatable bonds is 2. The molecule has 3 heteroatoms. The average Bonchev–Trinajstić information content (AvgIpc) is 2.45. The van der Waals surface area contributed by atoms with Crippen molar-refractivity contribution in [2.75, 3.05) is 0 Å². The second-order valence-corrected chi connectivity index (χ2v) is 5.11. The van der Waals surface area contributed by atoms with Crippen molar-refractivity contribution < 1.29 is 5.11 Å². The molecule has 98 valence electrons. The Morgan fingerprint density at radius 3 is 2.63 bits per heavy atom. The maximum Gasteiger partial charge on any atom is 0.255 e. The van der Waals surface area contributed by atoms with Gasteiger partial charge in [-0.15, -0.1) is 0 Å². The number of fused-ring (bicyclic) bond motifs is 1. The molecule has 0 aliphatic heterocycles. The van der Waals surface area contributed by atoms with Gasteiger partial charge in [0, 0.05) is 17.7 Å². The van der Waals surface area contributed by atoms with Crippen molar-refractivity contribution in [1.82, 2.24) is 4.98 Å². The molecule has 0 saturated heterocycles. The largest absolute Gasteiger partial charge is 0.507 e. The van der Waals surface area contributed by atoms with Gasteiger partial charge in [0.05, 0.1) is 5.56 Å². The molecule has 3 nitrogen and oxygen atoms in total. The minimum absolute atomic E-state index is 0.151. The molecule has 1 aromatic heterocycles. The summed E-state index contributed by atoms with van der Waals surface area (Å²) in [5.74, 6) is 0.210. The SMILES string of the molecule is O=c1[nH]c2c(c(O)c1Cc1ccccc1)CCCC2. The van der Waals surface area contributed by atoms with Crippen molar-refractivity contribution in [2.45, 2.75) is 32.1 Å². The molecule has 1 aliphatic carbocycles. The molecule has 0 saturated carbocycles. The van der Waals surface area contributed by atoms with E-state index < -0.39 is 0 Å². The number of hydrogen-bond acceptors (Lipinski definition) is 2. The van der Waals surface area contributed by atoms with Crippen LogP contribution in [0.3, 0.4) is 0 Å². The molecule has 19 heavy (non-hydrogen) atoms. The molecule has 2 aromatic rings. The van der Waals surface area contributed by atoms with Crippen molar-refractivity contribution >= 4 is 0 Å². The Balaban J connectivity index is 2.04. The normalized spacial score (nSPS) is 14.1. The fourth-order valence-corrected chi connectivity index (χ4v) is 2.77. The van der Waals surface area contributed by atoms with Crippen LogP contribution in [0, 0.1) is 0 Å². The van der Waals surface area contributed by atoms with Gasteiger partial charge in [-0.2, -0.15) is 0 Å². The standard InChI is InChI=1S/C16H17NO2/c18-15-12-8-4-5-9-14(12)17-16(19)13(15)10-11-6-2-1-3-7-11/h1-3,6-7H,4-5,8-10H2,(H2,17,18,19). The third kappa shape index (κ3) is 2.28. The van der Waals surface area contributed by atoms with Crippen molar-refractivity contribution in [3.8, 4) is 5.75 Å². The highest BCUT2D eigenvalue weighted by atomic mass is 16.3. The summed E-state index contributed by atoms with van der Waals surface area (Å²) in [6, 6.07) is 9.77. The molecule has 0 bridgehead atoms. The quantitative estimate of drug-likeness (QED) is 0.866. The molecular weight excluding hydrogens is 238 g/mol. The third-order valence-electron chi connectivity index (χ3n) is 3.80. The number of benzene rings is 1. The van der Waals surface area contributed by atoms with Gasteiger partial charge in [-0.05, 0) is 31.2 Å². The van der Waals surface area contributed by atoms with E-state index in [4.69, 9.17) is 0 Å². The molecule has 0 fully saturated rings. The highest BCUT2D eigenvalue weighted by molar-refractivity contribution is 5.44. The number of nitrogens with one attached hydrogen (secondary N) is 1. The molecule has 0 atom stereocenters. The van der Waals surface area contributed by atoms with Crippen molar-refractivity contribution in [3.05, 3.63) is 63.1 Å². The van der Waals surface area contributed by atoms with Crippen LogP contribution in [-0.2, 0) is 19.3 Å². The zero-order valence-electron chi connectivity index (χ0n) is 10.8. The monoisotopic (exact) mass is 255 g/mol. The fourth-order valence-electron chi connectivity index (χ4n) is 2.77. The van der Waals surface area contributed by atoms with E-state index >= 15 is 0 Å². The predicted octanol–water partition coefficient (Wildman–Crippen LogP) is 2.55. The first-order chi connectivity index (χ1) is 9.25. The van der Waals surface area contributed by atoms with E-state index in [0.717, 1.165) is 42.5 Å². The second-order valence-electron chi connectivity index (χ2n) is 5.11. The van der Waals surface area contributed by atoms with Gasteiger partial charge in [0.15, 0.2) is 0 Å². The Hall–Kier alpha value is -2.03. The number of aromatic hydroxyl groups is 1. The zero-order valence-corrected chi connectivity index (χ0v) is 10.8. The molecule has 3 rings (SSSR count). The van der Waals surface area contributed by atoms with Crippen LogP contribution in [-0.4, -0.2) is 10.1 Å². The molecule has 2 N–H and O–H groups in total. The zero-order chi connectivity index (χ0) is 13.2. The van der Waals surface area contributed by atoms with Crippen LogP contribution in [0.1, 0.15) is 35.2 Å². The maximum absolute atomic E-state index is 12.1. The van der Waals surface area contributed by atoms with Crippen molar-refractivity contribution in [1.29, 1.82) is 0 Å². The predicted molar refractivity (Wildman–Crippen MR) is 74.6 cm³/mol. The van der Waals surface area contributed by atoms with Crippen LogP contribution in [0.5, 0.6) is 5.75 Å².